The SMILES string of the molecule is O=C(O)c1cccc(-c2cccc3c2CCC3=O)n1. The van der Waals surface area contributed by atoms with Gasteiger partial charge >= 0.3 is 5.97 Å². The molecule has 0 saturated heterocycles. The third-order valence-corrected chi connectivity index (χ3v) is 3.32. The Hall–Kier alpha value is -2.49. The number of carboxylic acids is 1. The Bertz CT molecular complexity index is 692. The number of nitrogens with zero attached hydrogens (tertiary/aromatic N) is 1. The number of aromatic nitrogens is 1. The second-order valence-electron chi connectivity index (χ2n) is 4.47. The summed E-state index contributed by atoms with van der Waals surface area (Å²) in [6.07, 6.45) is 1.22. The molecule has 0 saturated carbocycles. The van der Waals surface area contributed by atoms with Crippen molar-refractivity contribution in [1.29, 1.82) is 0 Å². The molecule has 19 heavy (non-hydrogen) atoms. The number of pyridine rings is 1. The summed E-state index contributed by atoms with van der Waals surface area (Å²) in [6.45, 7) is 0. The minimum Gasteiger partial charge on any atom is -0.477 e. The van der Waals surface area contributed by atoms with Gasteiger partial charge < -0.3 is 5.11 Å². The molecule has 0 aliphatic heterocycles. The molecule has 0 atom stereocenters. The first-order valence-corrected chi connectivity index (χ1v) is 6.02. The summed E-state index contributed by atoms with van der Waals surface area (Å²) in [6, 6.07) is 10.4. The van der Waals surface area contributed by atoms with Crippen LogP contribution in [0.1, 0.15) is 32.8 Å². The van der Waals surface area contributed by atoms with Crippen LogP contribution in [-0.2, 0) is 6.42 Å². The van der Waals surface area contributed by atoms with Crippen LogP contribution in [0.4, 0.5) is 0 Å². The van der Waals surface area contributed by atoms with Gasteiger partial charge in [0.1, 0.15) is 5.69 Å². The fourth-order valence-corrected chi connectivity index (χ4v) is 2.43. The largest absolute Gasteiger partial charge is 0.477 e. The molecule has 0 amide bonds. The number of ketones is 1. The first-order chi connectivity index (χ1) is 9.16. The van der Waals surface area contributed by atoms with Gasteiger partial charge in [0.15, 0.2) is 5.78 Å². The minimum atomic E-state index is -1.05. The van der Waals surface area contributed by atoms with E-state index >= 15 is 0 Å². The lowest BCUT2D eigenvalue weighted by Crippen LogP contribution is -2.01. The average Bonchev–Trinajstić information content (AvgIpc) is 2.81. The standard InChI is InChI=1S/C15H11NO3/c17-14-8-7-9-10(3-1-4-11(9)14)12-5-2-6-13(16-12)15(18)19/h1-6H,7-8H2,(H,18,19). The van der Waals surface area contributed by atoms with Gasteiger partial charge in [0.05, 0.1) is 5.69 Å². The van der Waals surface area contributed by atoms with Crippen molar-refractivity contribution >= 4 is 11.8 Å². The maximum atomic E-state index is 11.7. The van der Waals surface area contributed by atoms with Crippen LogP contribution in [0.2, 0.25) is 0 Å². The predicted molar refractivity (Wildman–Crippen MR) is 69.3 cm³/mol. The summed E-state index contributed by atoms with van der Waals surface area (Å²) in [5, 5.41) is 8.98. The zero-order valence-electron chi connectivity index (χ0n) is 10.1. The molecule has 94 valence electrons. The van der Waals surface area contributed by atoms with Crippen LogP contribution in [-0.4, -0.2) is 21.8 Å². The highest BCUT2D eigenvalue weighted by Crippen LogP contribution is 2.31. The summed E-state index contributed by atoms with van der Waals surface area (Å²) < 4.78 is 0. The van der Waals surface area contributed by atoms with Crippen LogP contribution in [0.15, 0.2) is 36.4 Å². The quantitative estimate of drug-likeness (QED) is 0.893. The van der Waals surface area contributed by atoms with Gasteiger partial charge in [-0.25, -0.2) is 9.78 Å². The van der Waals surface area contributed by atoms with E-state index in [1.807, 2.05) is 18.2 Å². The van der Waals surface area contributed by atoms with Gasteiger partial charge in [0.25, 0.3) is 0 Å². The Balaban J connectivity index is 2.16. The van der Waals surface area contributed by atoms with Gasteiger partial charge in [-0.1, -0.05) is 24.3 Å². The summed E-state index contributed by atoms with van der Waals surface area (Å²) >= 11 is 0. The summed E-state index contributed by atoms with van der Waals surface area (Å²) in [5.41, 5.74) is 3.18. The van der Waals surface area contributed by atoms with Gasteiger partial charge in [-0.2, -0.15) is 0 Å². The Labute approximate surface area is 109 Å². The fraction of sp³-hybridized carbons (Fsp3) is 0.133. The number of carboxylic acid groups (broad SMARTS) is 1. The Kier molecular flexibility index (Phi) is 2.63. The third kappa shape index (κ3) is 1.91. The van der Waals surface area contributed by atoms with Gasteiger partial charge in [-0.15, -0.1) is 0 Å². The Morgan fingerprint density at radius 2 is 1.79 bits per heavy atom. The van der Waals surface area contributed by atoms with Crippen LogP contribution >= 0.6 is 0 Å². The van der Waals surface area contributed by atoms with Crippen LogP contribution in [0.3, 0.4) is 0 Å². The Morgan fingerprint density at radius 3 is 2.58 bits per heavy atom. The molecular weight excluding hydrogens is 242 g/mol. The number of hydrogen-bond acceptors (Lipinski definition) is 3. The van der Waals surface area contributed by atoms with E-state index in [1.54, 1.807) is 12.1 Å². The summed E-state index contributed by atoms with van der Waals surface area (Å²) in [4.78, 5) is 26.8. The molecule has 1 N–H and O–H groups in total. The van der Waals surface area contributed by atoms with E-state index in [0.717, 1.165) is 16.7 Å². The number of carbonyl (C=O) groups is 2. The highest BCUT2D eigenvalue weighted by atomic mass is 16.4. The maximum Gasteiger partial charge on any atom is 0.354 e. The monoisotopic (exact) mass is 253 g/mol. The molecule has 4 heteroatoms. The molecule has 1 aromatic carbocycles. The number of hydrogen-bond donors (Lipinski definition) is 1. The lowest BCUT2D eigenvalue weighted by molar-refractivity contribution is 0.0690. The van der Waals surface area contributed by atoms with Gasteiger partial charge in [0.2, 0.25) is 0 Å². The highest BCUT2D eigenvalue weighted by molar-refractivity contribution is 6.02. The van der Waals surface area contributed by atoms with Crippen molar-refractivity contribution in [2.45, 2.75) is 12.8 Å². The second kappa shape index (κ2) is 4.31. The van der Waals surface area contributed by atoms with Crippen LogP contribution in [0, 0.1) is 0 Å². The lowest BCUT2D eigenvalue weighted by atomic mass is 10.00. The van der Waals surface area contributed by atoms with Crippen molar-refractivity contribution in [2.24, 2.45) is 0 Å². The van der Waals surface area contributed by atoms with E-state index in [4.69, 9.17) is 5.11 Å². The number of rotatable bonds is 2. The molecule has 4 nitrogen and oxygen atoms in total. The number of Topliss-reactive ketones (excluding diaryl/α,β-unsaturated/α-hetero) is 1. The van der Waals surface area contributed by atoms with Crippen LogP contribution in [0.5, 0.6) is 0 Å². The van der Waals surface area contributed by atoms with E-state index in [1.165, 1.54) is 6.07 Å². The molecule has 2 aromatic rings. The Morgan fingerprint density at radius 1 is 1.05 bits per heavy atom. The molecule has 1 aliphatic carbocycles. The van der Waals surface area contributed by atoms with E-state index in [-0.39, 0.29) is 11.5 Å². The first kappa shape index (κ1) is 11.6. The topological polar surface area (TPSA) is 67.3 Å². The molecule has 0 radical (unpaired) electrons. The molecule has 0 bridgehead atoms. The van der Waals surface area contributed by atoms with Crippen molar-refractivity contribution in [2.75, 3.05) is 0 Å². The molecule has 3 rings (SSSR count). The predicted octanol–water partition coefficient (Wildman–Crippen LogP) is 2.58. The maximum absolute atomic E-state index is 11.7. The van der Waals surface area contributed by atoms with Crippen molar-refractivity contribution < 1.29 is 14.7 Å². The smallest absolute Gasteiger partial charge is 0.354 e. The molecular formula is C15H11NO3. The normalized spacial score (nSPS) is 13.4. The second-order valence-corrected chi connectivity index (χ2v) is 4.47. The highest BCUT2D eigenvalue weighted by Gasteiger charge is 2.22. The van der Waals surface area contributed by atoms with E-state index in [0.29, 0.717) is 18.5 Å². The van der Waals surface area contributed by atoms with Crippen molar-refractivity contribution in [3.8, 4) is 11.3 Å². The van der Waals surface area contributed by atoms with Crippen molar-refractivity contribution in [1.82, 2.24) is 4.98 Å². The van der Waals surface area contributed by atoms with Crippen LogP contribution < -0.4 is 0 Å². The molecule has 1 aliphatic rings. The molecule has 0 fully saturated rings. The fourth-order valence-electron chi connectivity index (χ4n) is 2.43. The van der Waals surface area contributed by atoms with E-state index in [2.05, 4.69) is 4.98 Å². The third-order valence-electron chi connectivity index (χ3n) is 3.32. The van der Waals surface area contributed by atoms with Gasteiger partial charge in [-0.05, 0) is 24.1 Å². The molecule has 1 heterocycles. The van der Waals surface area contributed by atoms with Crippen molar-refractivity contribution in [3.63, 3.8) is 0 Å². The minimum absolute atomic E-state index is 0.0134. The zero-order chi connectivity index (χ0) is 13.4. The summed E-state index contributed by atoms with van der Waals surface area (Å²) in [5.74, 6) is -0.906. The summed E-state index contributed by atoms with van der Waals surface area (Å²) in [7, 11) is 0. The number of carbonyl (C=O) groups excluding carboxylic acids is 1. The van der Waals surface area contributed by atoms with Crippen molar-refractivity contribution in [3.05, 3.63) is 53.2 Å². The van der Waals surface area contributed by atoms with E-state index in [9.17, 15) is 9.59 Å². The molecule has 1 aromatic heterocycles. The molecule has 0 spiro atoms. The lowest BCUT2D eigenvalue weighted by Gasteiger charge is -2.07. The van der Waals surface area contributed by atoms with Crippen LogP contribution in [0.25, 0.3) is 11.3 Å². The molecule has 0 unspecified atom stereocenters. The zero-order valence-corrected chi connectivity index (χ0v) is 10.1. The average molecular weight is 253 g/mol. The number of benzene rings is 1. The van der Waals surface area contributed by atoms with Gasteiger partial charge in [0, 0.05) is 17.5 Å². The van der Waals surface area contributed by atoms with Gasteiger partial charge in [-0.3, -0.25) is 4.79 Å². The number of fused-ring (bicyclic) bond motifs is 1. The number of aromatic carboxylic acids is 1. The van der Waals surface area contributed by atoms with E-state index < -0.39 is 5.97 Å². The first-order valence-electron chi connectivity index (χ1n) is 6.02.